The molecule has 2 heterocycles. The number of fused-ring (bicyclic) bond motifs is 1. The van der Waals surface area contributed by atoms with Crippen LogP contribution in [0.4, 0.5) is 0 Å². The average molecular weight is 366 g/mol. The third kappa shape index (κ3) is 4.17. The van der Waals surface area contributed by atoms with Crippen molar-refractivity contribution in [2.24, 2.45) is 0 Å². The number of aromatic nitrogens is 1. The second kappa shape index (κ2) is 7.88. The van der Waals surface area contributed by atoms with E-state index >= 15 is 0 Å². The van der Waals surface area contributed by atoms with Crippen LogP contribution in [-0.4, -0.2) is 42.5 Å². The highest BCUT2D eigenvalue weighted by Gasteiger charge is 2.24. The Balaban J connectivity index is 1.31. The van der Waals surface area contributed by atoms with Gasteiger partial charge in [0.05, 0.1) is 12.3 Å². The Kier molecular flexibility index (Phi) is 5.16. The van der Waals surface area contributed by atoms with Crippen molar-refractivity contribution < 1.29 is 19.1 Å². The van der Waals surface area contributed by atoms with Gasteiger partial charge in [0.2, 0.25) is 0 Å². The Morgan fingerprint density at radius 1 is 1.26 bits per heavy atom. The fraction of sp³-hybridized carbons (Fsp3) is 0.381. The molecule has 2 aromatic rings. The van der Waals surface area contributed by atoms with Gasteiger partial charge in [-0.2, -0.15) is 0 Å². The van der Waals surface area contributed by atoms with Crippen LogP contribution in [0.15, 0.2) is 36.5 Å². The summed E-state index contributed by atoms with van der Waals surface area (Å²) < 4.78 is 11.2. The summed E-state index contributed by atoms with van der Waals surface area (Å²) in [6, 6.07) is 9.12. The van der Waals surface area contributed by atoms with Crippen molar-refractivity contribution in [3.63, 3.8) is 0 Å². The molecule has 1 aromatic heterocycles. The standard InChI is InChI=1S/C21H22N2O4/c24-12-14-3-4-15-9-17(10-16(15)8-14)23-21(25)20-6-5-18(11-22-20)27-13-19-2-1-7-26-19/h3-6,8,11-12,17,19H,1-2,7,9-10,13H2,(H,23,25)/t17-,19+/m1/s1. The topological polar surface area (TPSA) is 77.5 Å². The SMILES string of the molecule is O=Cc1ccc2c(c1)C[C@H](NC(=O)c1ccc(OC[C@@H]3CCCO3)cn1)C2. The zero-order chi connectivity index (χ0) is 18.6. The van der Waals surface area contributed by atoms with Gasteiger partial charge in [-0.25, -0.2) is 4.98 Å². The largest absolute Gasteiger partial charge is 0.489 e. The predicted octanol–water partition coefficient (Wildman–Crippen LogP) is 2.35. The first-order chi connectivity index (χ1) is 13.2. The molecule has 0 radical (unpaired) electrons. The normalized spacial score (nSPS) is 20.9. The Bertz CT molecular complexity index is 829. The highest BCUT2D eigenvalue weighted by Crippen LogP contribution is 2.23. The van der Waals surface area contributed by atoms with E-state index in [0.717, 1.165) is 44.1 Å². The van der Waals surface area contributed by atoms with Gasteiger partial charge < -0.3 is 14.8 Å². The third-order valence-electron chi connectivity index (χ3n) is 5.06. The van der Waals surface area contributed by atoms with Crippen molar-refractivity contribution in [2.75, 3.05) is 13.2 Å². The van der Waals surface area contributed by atoms with Crippen molar-refractivity contribution >= 4 is 12.2 Å². The number of rotatable bonds is 6. The van der Waals surface area contributed by atoms with E-state index < -0.39 is 0 Å². The number of nitrogens with zero attached hydrogens (tertiary/aromatic N) is 1. The maximum absolute atomic E-state index is 12.5. The molecule has 0 unspecified atom stereocenters. The number of pyridine rings is 1. The minimum Gasteiger partial charge on any atom is -0.489 e. The molecular formula is C21H22N2O4. The molecule has 0 saturated carbocycles. The molecule has 6 nitrogen and oxygen atoms in total. The lowest BCUT2D eigenvalue weighted by Gasteiger charge is -2.13. The molecule has 1 N–H and O–H groups in total. The summed E-state index contributed by atoms with van der Waals surface area (Å²) in [5.41, 5.74) is 3.33. The van der Waals surface area contributed by atoms with Crippen LogP contribution in [0.3, 0.4) is 0 Å². The molecule has 1 aromatic carbocycles. The summed E-state index contributed by atoms with van der Waals surface area (Å²) in [5, 5.41) is 3.03. The van der Waals surface area contributed by atoms with Crippen LogP contribution in [0.5, 0.6) is 5.75 Å². The van der Waals surface area contributed by atoms with E-state index in [9.17, 15) is 9.59 Å². The van der Waals surface area contributed by atoms with E-state index in [-0.39, 0.29) is 18.1 Å². The molecule has 2 atom stereocenters. The fourth-order valence-electron chi connectivity index (χ4n) is 3.64. The van der Waals surface area contributed by atoms with Gasteiger partial charge in [-0.15, -0.1) is 0 Å². The van der Waals surface area contributed by atoms with Gasteiger partial charge in [0.15, 0.2) is 0 Å². The number of amides is 1. The molecule has 1 saturated heterocycles. The average Bonchev–Trinajstić information content (AvgIpc) is 3.35. The van der Waals surface area contributed by atoms with Crippen LogP contribution < -0.4 is 10.1 Å². The van der Waals surface area contributed by atoms with Crippen molar-refractivity contribution in [1.29, 1.82) is 0 Å². The second-order valence-corrected chi connectivity index (χ2v) is 7.05. The quantitative estimate of drug-likeness (QED) is 0.794. The van der Waals surface area contributed by atoms with Gasteiger partial charge in [0, 0.05) is 18.2 Å². The maximum Gasteiger partial charge on any atom is 0.270 e. The van der Waals surface area contributed by atoms with Crippen LogP contribution in [0, 0.1) is 0 Å². The zero-order valence-corrected chi connectivity index (χ0v) is 15.0. The number of benzene rings is 1. The minimum atomic E-state index is -0.200. The van der Waals surface area contributed by atoms with Gasteiger partial charge in [-0.3, -0.25) is 9.59 Å². The van der Waals surface area contributed by atoms with Gasteiger partial charge in [-0.1, -0.05) is 12.1 Å². The molecule has 2 aliphatic rings. The number of aldehydes is 1. The van der Waals surface area contributed by atoms with Crippen LogP contribution in [0.1, 0.15) is 44.8 Å². The number of hydrogen-bond donors (Lipinski definition) is 1. The summed E-state index contributed by atoms with van der Waals surface area (Å²) in [6.45, 7) is 1.31. The lowest BCUT2D eigenvalue weighted by molar-refractivity contribution is 0.0678. The number of hydrogen-bond acceptors (Lipinski definition) is 5. The van der Waals surface area contributed by atoms with E-state index in [0.29, 0.717) is 23.6 Å². The van der Waals surface area contributed by atoms with Crippen molar-refractivity contribution in [3.05, 3.63) is 58.9 Å². The lowest BCUT2D eigenvalue weighted by atomic mass is 10.1. The van der Waals surface area contributed by atoms with Gasteiger partial charge in [-0.05, 0) is 55.0 Å². The van der Waals surface area contributed by atoms with E-state index in [4.69, 9.17) is 9.47 Å². The molecular weight excluding hydrogens is 344 g/mol. The van der Waals surface area contributed by atoms with Gasteiger partial charge in [0.1, 0.15) is 24.3 Å². The smallest absolute Gasteiger partial charge is 0.270 e. The Morgan fingerprint density at radius 2 is 2.15 bits per heavy atom. The Labute approximate surface area is 157 Å². The summed E-state index contributed by atoms with van der Waals surface area (Å²) >= 11 is 0. The van der Waals surface area contributed by atoms with Crippen molar-refractivity contribution in [1.82, 2.24) is 10.3 Å². The number of carbonyl (C=O) groups is 2. The monoisotopic (exact) mass is 366 g/mol. The molecule has 0 bridgehead atoms. The highest BCUT2D eigenvalue weighted by molar-refractivity contribution is 5.92. The Hall–Kier alpha value is -2.73. The van der Waals surface area contributed by atoms with E-state index in [1.165, 1.54) is 5.56 Å². The minimum absolute atomic E-state index is 0.0200. The number of nitrogens with one attached hydrogen (secondary N) is 1. The highest BCUT2D eigenvalue weighted by atomic mass is 16.5. The Morgan fingerprint density at radius 3 is 2.89 bits per heavy atom. The zero-order valence-electron chi connectivity index (χ0n) is 15.0. The molecule has 1 aliphatic heterocycles. The molecule has 1 fully saturated rings. The first-order valence-corrected chi connectivity index (χ1v) is 9.29. The summed E-state index contributed by atoms with van der Waals surface area (Å²) in [4.78, 5) is 27.6. The third-order valence-corrected chi connectivity index (χ3v) is 5.06. The van der Waals surface area contributed by atoms with Crippen LogP contribution >= 0.6 is 0 Å². The van der Waals surface area contributed by atoms with Crippen LogP contribution in [0.25, 0.3) is 0 Å². The number of carbonyl (C=O) groups excluding carboxylic acids is 2. The second-order valence-electron chi connectivity index (χ2n) is 7.05. The first kappa shape index (κ1) is 17.7. The molecule has 1 amide bonds. The summed E-state index contributed by atoms with van der Waals surface area (Å²) in [7, 11) is 0. The summed E-state index contributed by atoms with van der Waals surface area (Å²) in [5.74, 6) is 0.436. The van der Waals surface area contributed by atoms with E-state index in [1.807, 2.05) is 18.2 Å². The lowest BCUT2D eigenvalue weighted by Crippen LogP contribution is -2.35. The first-order valence-electron chi connectivity index (χ1n) is 9.29. The van der Waals surface area contributed by atoms with Crippen molar-refractivity contribution in [3.8, 4) is 5.75 Å². The van der Waals surface area contributed by atoms with Gasteiger partial charge in [0.25, 0.3) is 5.91 Å². The molecule has 0 spiro atoms. The molecule has 1 aliphatic carbocycles. The van der Waals surface area contributed by atoms with E-state index in [2.05, 4.69) is 10.3 Å². The predicted molar refractivity (Wildman–Crippen MR) is 99.2 cm³/mol. The molecule has 27 heavy (non-hydrogen) atoms. The molecule has 140 valence electrons. The van der Waals surface area contributed by atoms with E-state index in [1.54, 1.807) is 18.3 Å². The maximum atomic E-state index is 12.5. The number of ether oxygens (including phenoxy) is 2. The van der Waals surface area contributed by atoms with Crippen LogP contribution in [-0.2, 0) is 17.6 Å². The molecule has 4 rings (SSSR count). The van der Waals surface area contributed by atoms with Gasteiger partial charge >= 0.3 is 0 Å². The summed E-state index contributed by atoms with van der Waals surface area (Å²) in [6.07, 6.45) is 6.16. The van der Waals surface area contributed by atoms with Crippen molar-refractivity contribution in [2.45, 2.75) is 37.8 Å². The molecule has 6 heteroatoms. The van der Waals surface area contributed by atoms with Crippen LogP contribution in [0.2, 0.25) is 0 Å². The fourth-order valence-corrected chi connectivity index (χ4v) is 3.64.